The largest absolute Gasteiger partial charge is 0.480 e. The van der Waals surface area contributed by atoms with Crippen LogP contribution in [-0.4, -0.2) is 59.8 Å². The van der Waals surface area contributed by atoms with E-state index in [1.807, 2.05) is 13.8 Å². The number of nitrogens with zero attached hydrogens (tertiary/aromatic N) is 1. The number of amides is 1. The fourth-order valence-corrected chi connectivity index (χ4v) is 1.83. The van der Waals surface area contributed by atoms with E-state index >= 15 is 0 Å². The van der Waals surface area contributed by atoms with Gasteiger partial charge in [0, 0.05) is 12.6 Å². The number of morpholine rings is 1. The van der Waals surface area contributed by atoms with E-state index < -0.39 is 18.1 Å². The van der Waals surface area contributed by atoms with E-state index in [4.69, 9.17) is 9.84 Å². The van der Waals surface area contributed by atoms with Crippen LogP contribution in [0.25, 0.3) is 0 Å². The van der Waals surface area contributed by atoms with Gasteiger partial charge >= 0.3 is 5.97 Å². The topological polar surface area (TPSA) is 78.9 Å². The van der Waals surface area contributed by atoms with E-state index in [2.05, 4.69) is 5.32 Å². The Bertz CT molecular complexity index is 293. The van der Waals surface area contributed by atoms with Gasteiger partial charge in [-0.2, -0.15) is 0 Å². The van der Waals surface area contributed by atoms with E-state index in [1.54, 1.807) is 11.8 Å². The molecule has 98 valence electrons. The summed E-state index contributed by atoms with van der Waals surface area (Å²) in [4.78, 5) is 24.6. The standard InChI is InChI=1S/C11H20N2O4/c1-7(2)12-10(14)9-6-17-5-4-13(9)8(3)11(15)16/h7-9H,4-6H2,1-3H3,(H,12,14)(H,15,16). The van der Waals surface area contributed by atoms with Crippen LogP contribution in [0.4, 0.5) is 0 Å². The van der Waals surface area contributed by atoms with Crippen molar-refractivity contribution in [2.45, 2.75) is 38.9 Å². The van der Waals surface area contributed by atoms with E-state index in [0.29, 0.717) is 13.2 Å². The minimum Gasteiger partial charge on any atom is -0.480 e. The van der Waals surface area contributed by atoms with Crippen LogP contribution in [-0.2, 0) is 14.3 Å². The zero-order valence-electron chi connectivity index (χ0n) is 10.5. The van der Waals surface area contributed by atoms with Gasteiger partial charge in [0.25, 0.3) is 0 Å². The molecule has 1 aliphatic heterocycles. The molecule has 2 unspecified atom stereocenters. The molecular weight excluding hydrogens is 224 g/mol. The Morgan fingerprint density at radius 3 is 2.59 bits per heavy atom. The number of nitrogens with one attached hydrogen (secondary N) is 1. The summed E-state index contributed by atoms with van der Waals surface area (Å²) in [7, 11) is 0. The van der Waals surface area contributed by atoms with Gasteiger partial charge in [-0.05, 0) is 20.8 Å². The van der Waals surface area contributed by atoms with Crippen molar-refractivity contribution in [2.24, 2.45) is 0 Å². The maximum absolute atomic E-state index is 11.9. The Morgan fingerprint density at radius 2 is 2.06 bits per heavy atom. The third-order valence-electron chi connectivity index (χ3n) is 2.76. The second-order valence-corrected chi connectivity index (χ2v) is 4.51. The summed E-state index contributed by atoms with van der Waals surface area (Å²) in [6.45, 7) is 6.49. The van der Waals surface area contributed by atoms with Gasteiger partial charge in [-0.3, -0.25) is 14.5 Å². The molecule has 17 heavy (non-hydrogen) atoms. The Kier molecular flexibility index (Phi) is 4.89. The lowest BCUT2D eigenvalue weighted by Gasteiger charge is -2.37. The molecule has 1 amide bonds. The van der Waals surface area contributed by atoms with Gasteiger partial charge in [0.15, 0.2) is 0 Å². The molecule has 1 heterocycles. The minimum absolute atomic E-state index is 0.0337. The monoisotopic (exact) mass is 244 g/mol. The lowest BCUT2D eigenvalue weighted by molar-refractivity contribution is -0.149. The number of rotatable bonds is 4. The quantitative estimate of drug-likeness (QED) is 0.709. The van der Waals surface area contributed by atoms with E-state index in [9.17, 15) is 9.59 Å². The molecule has 1 aliphatic rings. The molecule has 1 fully saturated rings. The first-order valence-electron chi connectivity index (χ1n) is 5.80. The number of carboxylic acid groups (broad SMARTS) is 1. The number of carboxylic acids is 1. The lowest BCUT2D eigenvalue weighted by Crippen LogP contribution is -2.59. The van der Waals surface area contributed by atoms with Crippen molar-refractivity contribution in [1.82, 2.24) is 10.2 Å². The van der Waals surface area contributed by atoms with Gasteiger partial charge in [0.1, 0.15) is 12.1 Å². The third-order valence-corrected chi connectivity index (χ3v) is 2.76. The first kappa shape index (κ1) is 13.9. The smallest absolute Gasteiger partial charge is 0.320 e. The van der Waals surface area contributed by atoms with Crippen LogP contribution in [0.5, 0.6) is 0 Å². The molecule has 0 bridgehead atoms. The zero-order chi connectivity index (χ0) is 13.0. The molecule has 1 saturated heterocycles. The Hall–Kier alpha value is -1.14. The first-order chi connectivity index (χ1) is 7.93. The van der Waals surface area contributed by atoms with Crippen molar-refractivity contribution in [1.29, 1.82) is 0 Å². The van der Waals surface area contributed by atoms with Crippen molar-refractivity contribution in [3.8, 4) is 0 Å². The summed E-state index contributed by atoms with van der Waals surface area (Å²) in [6, 6.07) is -1.16. The average molecular weight is 244 g/mol. The van der Waals surface area contributed by atoms with Crippen LogP contribution in [0.15, 0.2) is 0 Å². The van der Waals surface area contributed by atoms with Gasteiger partial charge in [-0.1, -0.05) is 0 Å². The molecule has 0 aromatic carbocycles. The maximum atomic E-state index is 11.9. The SMILES string of the molecule is CC(C)NC(=O)C1COCCN1C(C)C(=O)O. The summed E-state index contributed by atoms with van der Waals surface area (Å²) < 4.78 is 5.25. The van der Waals surface area contributed by atoms with Crippen LogP contribution in [0.1, 0.15) is 20.8 Å². The summed E-state index contributed by atoms with van der Waals surface area (Å²) in [5, 5.41) is 11.8. The predicted octanol–water partition coefficient (Wildman–Crippen LogP) is -0.315. The van der Waals surface area contributed by atoms with Gasteiger partial charge in [0.05, 0.1) is 13.2 Å². The molecule has 0 aromatic heterocycles. The highest BCUT2D eigenvalue weighted by Gasteiger charge is 2.35. The van der Waals surface area contributed by atoms with Gasteiger partial charge in [0.2, 0.25) is 5.91 Å². The predicted molar refractivity (Wildman–Crippen MR) is 61.7 cm³/mol. The number of hydrogen-bond acceptors (Lipinski definition) is 4. The highest BCUT2D eigenvalue weighted by atomic mass is 16.5. The van der Waals surface area contributed by atoms with Crippen molar-refractivity contribution in [2.75, 3.05) is 19.8 Å². The molecule has 0 aliphatic carbocycles. The molecule has 2 atom stereocenters. The molecule has 0 saturated carbocycles. The minimum atomic E-state index is -0.922. The Morgan fingerprint density at radius 1 is 1.41 bits per heavy atom. The van der Waals surface area contributed by atoms with E-state index in [0.717, 1.165) is 0 Å². The normalized spacial score (nSPS) is 23.4. The molecule has 0 radical (unpaired) electrons. The number of carbonyl (C=O) groups is 2. The highest BCUT2D eigenvalue weighted by Crippen LogP contribution is 2.12. The van der Waals surface area contributed by atoms with Gasteiger partial charge < -0.3 is 15.2 Å². The summed E-state index contributed by atoms with van der Waals surface area (Å²) in [5.74, 6) is -1.10. The lowest BCUT2D eigenvalue weighted by atomic mass is 10.1. The highest BCUT2D eigenvalue weighted by molar-refractivity contribution is 5.83. The molecule has 0 aromatic rings. The van der Waals surface area contributed by atoms with E-state index in [-0.39, 0.29) is 18.6 Å². The van der Waals surface area contributed by atoms with Crippen molar-refractivity contribution >= 4 is 11.9 Å². The first-order valence-corrected chi connectivity index (χ1v) is 5.80. The molecule has 6 nitrogen and oxygen atoms in total. The van der Waals surface area contributed by atoms with Gasteiger partial charge in [-0.15, -0.1) is 0 Å². The summed E-state index contributed by atoms with van der Waals surface area (Å²) in [5.41, 5.74) is 0. The second kappa shape index (κ2) is 5.97. The fourth-order valence-electron chi connectivity index (χ4n) is 1.83. The second-order valence-electron chi connectivity index (χ2n) is 4.51. The van der Waals surface area contributed by atoms with Crippen LogP contribution in [0.2, 0.25) is 0 Å². The summed E-state index contributed by atoms with van der Waals surface area (Å²) in [6.07, 6.45) is 0. The van der Waals surface area contributed by atoms with Crippen LogP contribution in [0.3, 0.4) is 0 Å². The van der Waals surface area contributed by atoms with Crippen LogP contribution >= 0.6 is 0 Å². The zero-order valence-corrected chi connectivity index (χ0v) is 10.5. The van der Waals surface area contributed by atoms with E-state index in [1.165, 1.54) is 0 Å². The Labute approximate surface area is 101 Å². The number of hydrogen-bond donors (Lipinski definition) is 2. The molecule has 1 rings (SSSR count). The van der Waals surface area contributed by atoms with Crippen molar-refractivity contribution in [3.63, 3.8) is 0 Å². The molecular formula is C11H20N2O4. The average Bonchev–Trinajstić information content (AvgIpc) is 2.27. The maximum Gasteiger partial charge on any atom is 0.320 e. The number of ether oxygens (including phenoxy) is 1. The summed E-state index contributed by atoms with van der Waals surface area (Å²) >= 11 is 0. The van der Waals surface area contributed by atoms with Crippen LogP contribution < -0.4 is 5.32 Å². The Balaban J connectivity index is 2.71. The fraction of sp³-hybridized carbons (Fsp3) is 0.818. The van der Waals surface area contributed by atoms with Crippen molar-refractivity contribution < 1.29 is 19.4 Å². The number of aliphatic carboxylic acids is 1. The van der Waals surface area contributed by atoms with Crippen LogP contribution in [0, 0.1) is 0 Å². The molecule has 0 spiro atoms. The van der Waals surface area contributed by atoms with Gasteiger partial charge in [-0.25, -0.2) is 0 Å². The molecule has 2 N–H and O–H groups in total. The van der Waals surface area contributed by atoms with Crippen molar-refractivity contribution in [3.05, 3.63) is 0 Å². The number of carbonyl (C=O) groups excluding carboxylic acids is 1. The molecule has 6 heteroatoms. The third kappa shape index (κ3) is 3.67.